The third-order valence-electron chi connectivity index (χ3n) is 5.39. The molecule has 2 N–H and O–H groups in total. The second kappa shape index (κ2) is 8.08. The maximum Gasteiger partial charge on any atom is 0.240 e. The molecule has 0 radical (unpaired) electrons. The number of aromatic nitrogens is 3. The van der Waals surface area contributed by atoms with E-state index in [2.05, 4.69) is 22.4 Å². The van der Waals surface area contributed by atoms with Crippen LogP contribution in [0.4, 0.5) is 4.39 Å². The van der Waals surface area contributed by atoms with Gasteiger partial charge in [-0.25, -0.2) is 4.39 Å². The summed E-state index contributed by atoms with van der Waals surface area (Å²) in [7, 11) is 0. The Balaban J connectivity index is 1.57. The fraction of sp³-hybridized carbons (Fsp3) is 0.286. The van der Waals surface area contributed by atoms with E-state index >= 15 is 0 Å². The fourth-order valence-corrected chi connectivity index (χ4v) is 4.16. The molecular weight excluding hydrogens is 411 g/mol. The summed E-state index contributed by atoms with van der Waals surface area (Å²) < 4.78 is 16.2. The summed E-state index contributed by atoms with van der Waals surface area (Å²) in [6.45, 7) is 2.09. The minimum atomic E-state index is -0.234. The largest absolute Gasteiger partial charge is 0.347 e. The fourth-order valence-electron chi connectivity index (χ4n) is 3.84. The SMILES string of the molecule is C[C@H]1CCc2c(F)cccc2[C@@H]1NC(=O)Cn1c(-c2ccc(Cl)cc2)n[nH]c1=S. The molecule has 0 spiro atoms. The molecular formula is C21H20ClFN4OS. The molecule has 0 bridgehead atoms. The molecule has 1 aromatic heterocycles. The van der Waals surface area contributed by atoms with E-state index in [1.54, 1.807) is 22.8 Å². The Bertz CT molecular complexity index is 1110. The molecule has 0 fully saturated rings. The lowest BCUT2D eigenvalue weighted by molar-refractivity contribution is -0.122. The van der Waals surface area contributed by atoms with Gasteiger partial charge in [-0.2, -0.15) is 5.10 Å². The number of H-pyrrole nitrogens is 1. The van der Waals surface area contributed by atoms with E-state index in [1.165, 1.54) is 6.07 Å². The van der Waals surface area contributed by atoms with E-state index in [9.17, 15) is 9.18 Å². The zero-order chi connectivity index (χ0) is 20.5. The predicted molar refractivity (Wildman–Crippen MR) is 113 cm³/mol. The molecule has 0 saturated heterocycles. The van der Waals surface area contributed by atoms with Crippen molar-refractivity contribution < 1.29 is 9.18 Å². The number of carbonyl (C=O) groups excluding carboxylic acids is 1. The first-order chi connectivity index (χ1) is 13.9. The highest BCUT2D eigenvalue weighted by molar-refractivity contribution is 7.71. The van der Waals surface area contributed by atoms with Crippen LogP contribution in [0.1, 0.15) is 30.5 Å². The smallest absolute Gasteiger partial charge is 0.240 e. The molecule has 150 valence electrons. The highest BCUT2D eigenvalue weighted by atomic mass is 35.5. The normalized spacial score (nSPS) is 18.3. The van der Waals surface area contributed by atoms with Crippen LogP contribution in [0.5, 0.6) is 0 Å². The molecule has 2 atom stereocenters. The number of aromatic amines is 1. The molecule has 4 rings (SSSR count). The van der Waals surface area contributed by atoms with Crippen LogP contribution in [-0.4, -0.2) is 20.7 Å². The first kappa shape index (κ1) is 19.8. The van der Waals surface area contributed by atoms with Crippen molar-refractivity contribution in [2.45, 2.75) is 32.4 Å². The molecule has 5 nitrogen and oxygen atoms in total. The van der Waals surface area contributed by atoms with Gasteiger partial charge < -0.3 is 5.32 Å². The zero-order valence-corrected chi connectivity index (χ0v) is 17.4. The van der Waals surface area contributed by atoms with Crippen LogP contribution in [0.15, 0.2) is 42.5 Å². The number of halogens is 2. The van der Waals surface area contributed by atoms with Crippen molar-refractivity contribution in [2.75, 3.05) is 0 Å². The van der Waals surface area contributed by atoms with Gasteiger partial charge in [-0.3, -0.25) is 14.5 Å². The summed E-state index contributed by atoms with van der Waals surface area (Å²) in [5, 5.41) is 10.7. The Morgan fingerprint density at radius 3 is 2.86 bits per heavy atom. The van der Waals surface area contributed by atoms with Crippen molar-refractivity contribution in [3.8, 4) is 11.4 Å². The highest BCUT2D eigenvalue weighted by Crippen LogP contribution is 2.35. The Morgan fingerprint density at radius 2 is 2.10 bits per heavy atom. The van der Waals surface area contributed by atoms with Gasteiger partial charge in [0.25, 0.3) is 0 Å². The van der Waals surface area contributed by atoms with E-state index in [-0.39, 0.29) is 30.2 Å². The number of hydrogen-bond acceptors (Lipinski definition) is 3. The molecule has 0 saturated carbocycles. The third kappa shape index (κ3) is 3.97. The number of carbonyl (C=O) groups is 1. The lowest BCUT2D eigenvalue weighted by Crippen LogP contribution is -2.37. The summed E-state index contributed by atoms with van der Waals surface area (Å²) in [6, 6.07) is 12.0. The maximum atomic E-state index is 14.2. The Labute approximate surface area is 177 Å². The topological polar surface area (TPSA) is 62.7 Å². The maximum absolute atomic E-state index is 14.2. The standard InChI is InChI=1S/C21H20ClFN4OS/c1-12-5-10-15-16(3-2-4-17(15)23)19(12)24-18(28)11-27-20(25-26-21(27)29)13-6-8-14(22)9-7-13/h2-4,6-9,12,19H,5,10-11H2,1H3,(H,24,28)(H,26,29)/t12-,19+/m0/s1. The lowest BCUT2D eigenvalue weighted by Gasteiger charge is -2.32. The van der Waals surface area contributed by atoms with Gasteiger partial charge in [-0.05, 0) is 72.4 Å². The first-order valence-electron chi connectivity index (χ1n) is 9.42. The summed E-state index contributed by atoms with van der Waals surface area (Å²) >= 11 is 11.3. The Kier molecular flexibility index (Phi) is 5.52. The molecule has 1 aliphatic carbocycles. The lowest BCUT2D eigenvalue weighted by atomic mass is 9.80. The van der Waals surface area contributed by atoms with Crippen molar-refractivity contribution in [1.82, 2.24) is 20.1 Å². The number of amides is 1. The van der Waals surface area contributed by atoms with Crippen LogP contribution in [0.3, 0.4) is 0 Å². The third-order valence-corrected chi connectivity index (χ3v) is 5.95. The van der Waals surface area contributed by atoms with E-state index in [4.69, 9.17) is 23.8 Å². The summed E-state index contributed by atoms with van der Waals surface area (Å²) in [6.07, 6.45) is 1.50. The molecule has 1 heterocycles. The summed E-state index contributed by atoms with van der Waals surface area (Å²) in [5.41, 5.74) is 2.34. The Morgan fingerprint density at radius 1 is 1.34 bits per heavy atom. The van der Waals surface area contributed by atoms with E-state index < -0.39 is 0 Å². The summed E-state index contributed by atoms with van der Waals surface area (Å²) in [4.78, 5) is 12.9. The predicted octanol–water partition coefficient (Wildman–Crippen LogP) is 4.84. The molecule has 3 aromatic rings. The van der Waals surface area contributed by atoms with E-state index in [1.807, 2.05) is 18.2 Å². The number of fused-ring (bicyclic) bond motifs is 1. The van der Waals surface area contributed by atoms with Gasteiger partial charge in [-0.15, -0.1) is 0 Å². The molecule has 0 aliphatic heterocycles. The molecule has 0 unspecified atom stereocenters. The van der Waals surface area contributed by atoms with Crippen molar-refractivity contribution in [1.29, 1.82) is 0 Å². The zero-order valence-electron chi connectivity index (χ0n) is 15.8. The van der Waals surface area contributed by atoms with Crippen molar-refractivity contribution in [2.24, 2.45) is 5.92 Å². The van der Waals surface area contributed by atoms with Crippen molar-refractivity contribution >= 4 is 29.7 Å². The van der Waals surface area contributed by atoms with Gasteiger partial charge >= 0.3 is 0 Å². The molecule has 8 heteroatoms. The summed E-state index contributed by atoms with van der Waals surface area (Å²) in [5.74, 6) is 0.355. The second-order valence-corrected chi connectivity index (χ2v) is 8.14. The van der Waals surface area contributed by atoms with Gasteiger partial charge in [-0.1, -0.05) is 30.7 Å². The van der Waals surface area contributed by atoms with E-state index in [0.717, 1.165) is 17.5 Å². The minimum Gasteiger partial charge on any atom is -0.347 e. The van der Waals surface area contributed by atoms with E-state index in [0.29, 0.717) is 27.6 Å². The number of nitrogens with zero attached hydrogens (tertiary/aromatic N) is 2. The van der Waals surface area contributed by atoms with Crippen LogP contribution >= 0.6 is 23.8 Å². The Hall–Kier alpha value is -2.51. The van der Waals surface area contributed by atoms with Crippen LogP contribution in [0, 0.1) is 16.5 Å². The monoisotopic (exact) mass is 430 g/mol. The molecule has 1 aliphatic rings. The average Bonchev–Trinajstić information content (AvgIpc) is 3.05. The highest BCUT2D eigenvalue weighted by Gasteiger charge is 2.29. The van der Waals surface area contributed by atoms with Crippen LogP contribution in [0.25, 0.3) is 11.4 Å². The minimum absolute atomic E-state index is 0.0150. The molecule has 1 amide bonds. The number of nitrogens with one attached hydrogen (secondary N) is 2. The molecule has 2 aromatic carbocycles. The first-order valence-corrected chi connectivity index (χ1v) is 10.2. The van der Waals surface area contributed by atoms with Crippen LogP contribution in [0.2, 0.25) is 5.02 Å². The number of hydrogen-bond donors (Lipinski definition) is 2. The quantitative estimate of drug-likeness (QED) is 0.582. The van der Waals surface area contributed by atoms with Crippen LogP contribution in [-0.2, 0) is 17.8 Å². The molecule has 29 heavy (non-hydrogen) atoms. The van der Waals surface area contributed by atoms with Crippen molar-refractivity contribution in [3.05, 3.63) is 69.2 Å². The van der Waals surface area contributed by atoms with Crippen molar-refractivity contribution in [3.63, 3.8) is 0 Å². The van der Waals surface area contributed by atoms with Crippen LogP contribution < -0.4 is 5.32 Å². The average molecular weight is 431 g/mol. The number of rotatable bonds is 4. The van der Waals surface area contributed by atoms with Gasteiger partial charge in [0, 0.05) is 10.6 Å². The number of benzene rings is 2. The van der Waals surface area contributed by atoms with Gasteiger partial charge in [0.2, 0.25) is 5.91 Å². The second-order valence-electron chi connectivity index (χ2n) is 7.31. The van der Waals surface area contributed by atoms with Gasteiger partial charge in [0.15, 0.2) is 10.6 Å². The van der Waals surface area contributed by atoms with Gasteiger partial charge in [0.05, 0.1) is 6.04 Å². The van der Waals surface area contributed by atoms with Gasteiger partial charge in [0.1, 0.15) is 12.4 Å².